The third kappa shape index (κ3) is 1.93. The third-order valence-electron chi connectivity index (χ3n) is 2.56. The fraction of sp³-hybridized carbons (Fsp3) is 0.0909. The van der Waals surface area contributed by atoms with Gasteiger partial charge in [0.2, 0.25) is 0 Å². The molecule has 1 heterocycles. The number of amides is 2. The molecule has 2 rings (SSSR count). The second kappa shape index (κ2) is 4.66. The minimum atomic E-state index is -0.867. The number of fused-ring (bicyclic) bond motifs is 1. The van der Waals surface area contributed by atoms with Crippen molar-refractivity contribution in [2.24, 2.45) is 10.3 Å². The summed E-state index contributed by atoms with van der Waals surface area (Å²) >= 11 is 0. The number of benzene rings is 1. The van der Waals surface area contributed by atoms with Crippen molar-refractivity contribution in [2.45, 2.75) is 6.04 Å². The quantitative estimate of drug-likeness (QED) is 0.611. The summed E-state index contributed by atoms with van der Waals surface area (Å²) < 4.78 is 0. The zero-order valence-electron chi connectivity index (χ0n) is 9.08. The van der Waals surface area contributed by atoms with Crippen molar-refractivity contribution in [1.29, 1.82) is 5.53 Å². The monoisotopic (exact) mass is 244 g/mol. The summed E-state index contributed by atoms with van der Waals surface area (Å²) in [6.45, 7) is 0. The van der Waals surface area contributed by atoms with Crippen LogP contribution in [0, 0.1) is 10.4 Å². The molecule has 0 fully saturated rings. The van der Waals surface area contributed by atoms with E-state index in [1.54, 1.807) is 12.1 Å². The van der Waals surface area contributed by atoms with E-state index in [0.29, 0.717) is 11.3 Å². The molecule has 2 N–H and O–H groups in total. The van der Waals surface area contributed by atoms with Crippen molar-refractivity contribution in [1.82, 2.24) is 0 Å². The maximum atomic E-state index is 11.3. The Bertz CT molecular complexity index is 580. The van der Waals surface area contributed by atoms with Gasteiger partial charge in [-0.2, -0.15) is 0 Å². The van der Waals surface area contributed by atoms with Gasteiger partial charge in [0.1, 0.15) is 6.04 Å². The molecule has 7 nitrogen and oxygen atoms in total. The van der Waals surface area contributed by atoms with E-state index in [9.17, 15) is 14.5 Å². The predicted molar refractivity (Wildman–Crippen MR) is 63.2 cm³/mol. The molecule has 1 aromatic carbocycles. The molecule has 2 amide bonds. The minimum absolute atomic E-state index is 0.167. The number of nitrogens with one attached hydrogen (secondary N) is 2. The highest BCUT2D eigenvalue weighted by molar-refractivity contribution is 6.02. The zero-order valence-corrected chi connectivity index (χ0v) is 9.08. The number of nitrogens with zero attached hydrogens (tertiary/aromatic N) is 2. The first-order valence-corrected chi connectivity index (χ1v) is 5.04. The predicted octanol–water partition coefficient (Wildman–Crippen LogP) is 1.96. The Morgan fingerprint density at radius 3 is 2.78 bits per heavy atom. The van der Waals surface area contributed by atoms with Gasteiger partial charge in [-0.1, -0.05) is 18.2 Å². The van der Waals surface area contributed by atoms with Gasteiger partial charge in [-0.3, -0.25) is 9.59 Å². The van der Waals surface area contributed by atoms with Crippen molar-refractivity contribution >= 4 is 23.6 Å². The molecule has 0 bridgehead atoms. The van der Waals surface area contributed by atoms with E-state index in [-0.39, 0.29) is 5.56 Å². The number of nitroso groups, excluding NO2 is 1. The topological polar surface area (TPSA) is 112 Å². The summed E-state index contributed by atoms with van der Waals surface area (Å²) in [6, 6.07) is 3.98. The number of anilines is 1. The Hall–Kier alpha value is -2.70. The molecule has 0 saturated carbocycles. The lowest BCUT2D eigenvalue weighted by Crippen LogP contribution is -2.28. The summed E-state index contributed by atoms with van der Waals surface area (Å²) in [5.41, 5.74) is 7.85. The lowest BCUT2D eigenvalue weighted by molar-refractivity contribution is -0.118. The lowest BCUT2D eigenvalue weighted by Gasteiger charge is -2.20. The van der Waals surface area contributed by atoms with Crippen LogP contribution in [0.1, 0.15) is 15.9 Å². The maximum Gasteiger partial charge on any atom is 0.317 e. The van der Waals surface area contributed by atoms with Gasteiger partial charge in [-0.05, 0) is 12.1 Å². The second-order valence-corrected chi connectivity index (χ2v) is 3.59. The molecule has 1 unspecified atom stereocenters. The van der Waals surface area contributed by atoms with Crippen LogP contribution in [-0.2, 0) is 4.79 Å². The highest BCUT2D eigenvalue weighted by atomic mass is 16.3. The molecule has 18 heavy (non-hydrogen) atoms. The molecule has 90 valence electrons. The molecule has 1 aliphatic heterocycles. The van der Waals surface area contributed by atoms with Gasteiger partial charge in [0.15, 0.2) is 0 Å². The number of carbonyl (C=O) groups is 2. The van der Waals surface area contributed by atoms with Crippen LogP contribution >= 0.6 is 0 Å². The first-order valence-electron chi connectivity index (χ1n) is 5.04. The number of hydrogen-bond acceptors (Lipinski definition) is 5. The average Bonchev–Trinajstić information content (AvgIpc) is 2.44. The lowest BCUT2D eigenvalue weighted by atomic mass is 9.99. The Balaban J connectivity index is 2.42. The number of hydrogen-bond donors (Lipinski definition) is 2. The molecule has 0 saturated heterocycles. The van der Waals surface area contributed by atoms with Gasteiger partial charge in [0.05, 0.1) is 5.56 Å². The molecule has 0 aromatic heterocycles. The van der Waals surface area contributed by atoms with Gasteiger partial charge in [-0.25, -0.2) is 5.53 Å². The summed E-state index contributed by atoms with van der Waals surface area (Å²) in [6.07, 6.45) is 3.02. The van der Waals surface area contributed by atoms with E-state index < -0.39 is 17.9 Å². The van der Waals surface area contributed by atoms with E-state index in [0.717, 1.165) is 0 Å². The highest BCUT2D eigenvalue weighted by Crippen LogP contribution is 2.27. The average molecular weight is 244 g/mol. The molecule has 1 aromatic rings. The summed E-state index contributed by atoms with van der Waals surface area (Å²) in [7, 11) is 0. The minimum Gasteiger partial charge on any atom is -0.370 e. The van der Waals surface area contributed by atoms with Crippen molar-refractivity contribution in [3.63, 3.8) is 0 Å². The third-order valence-corrected chi connectivity index (χ3v) is 2.56. The smallest absolute Gasteiger partial charge is 0.317 e. The van der Waals surface area contributed by atoms with Gasteiger partial charge in [0, 0.05) is 16.4 Å². The molecular formula is C11H8N4O3. The molecule has 0 radical (unpaired) electrons. The van der Waals surface area contributed by atoms with E-state index in [1.807, 2.05) is 0 Å². The van der Waals surface area contributed by atoms with Crippen molar-refractivity contribution in [2.75, 3.05) is 5.32 Å². The Labute approximate surface area is 101 Å². The van der Waals surface area contributed by atoms with Crippen LogP contribution in [0.4, 0.5) is 5.69 Å². The molecule has 7 heteroatoms. The van der Waals surface area contributed by atoms with Crippen molar-refractivity contribution < 1.29 is 9.59 Å². The fourth-order valence-corrected chi connectivity index (χ4v) is 1.73. The Morgan fingerprint density at radius 2 is 2.11 bits per heavy atom. The van der Waals surface area contributed by atoms with Gasteiger partial charge >= 0.3 is 5.91 Å². The number of carbonyl (C=O) groups excluding carboxylic acids is 2. The van der Waals surface area contributed by atoms with Crippen molar-refractivity contribution in [3.8, 4) is 0 Å². The van der Waals surface area contributed by atoms with E-state index in [4.69, 9.17) is 5.53 Å². The van der Waals surface area contributed by atoms with Gasteiger partial charge < -0.3 is 5.32 Å². The van der Waals surface area contributed by atoms with Gasteiger partial charge in [-0.15, -0.1) is 10.0 Å². The van der Waals surface area contributed by atoms with Crippen molar-refractivity contribution in [3.05, 3.63) is 40.3 Å². The van der Waals surface area contributed by atoms with E-state index in [1.165, 1.54) is 18.2 Å². The van der Waals surface area contributed by atoms with E-state index in [2.05, 4.69) is 15.6 Å². The highest BCUT2D eigenvalue weighted by Gasteiger charge is 2.22. The standard InChI is InChI=1S/C11H8N4O3/c12-14-11(17)9-5-4-6-7(10(16)15-18)2-1-3-8(6)13-9/h1-5,9,12-13H. The molecule has 0 spiro atoms. The number of rotatable bonds is 2. The first-order chi connectivity index (χ1) is 8.67. The second-order valence-electron chi connectivity index (χ2n) is 3.59. The van der Waals surface area contributed by atoms with Crippen LogP contribution in [0.3, 0.4) is 0 Å². The van der Waals surface area contributed by atoms with Crippen LogP contribution in [0.2, 0.25) is 0 Å². The zero-order chi connectivity index (χ0) is 13.1. The Kier molecular flexibility index (Phi) is 3.05. The summed E-state index contributed by atoms with van der Waals surface area (Å²) in [5, 5.41) is 8.01. The maximum absolute atomic E-state index is 11.3. The molecular weight excluding hydrogens is 236 g/mol. The SMILES string of the molecule is N=NC(=O)C1C=Cc2c(cccc2C(=O)N=O)N1. The normalized spacial score (nSPS) is 16.3. The van der Waals surface area contributed by atoms with Crippen LogP contribution in [0.5, 0.6) is 0 Å². The molecule has 0 aliphatic carbocycles. The van der Waals surface area contributed by atoms with Gasteiger partial charge in [0.25, 0.3) is 5.91 Å². The van der Waals surface area contributed by atoms with Crippen LogP contribution in [0.25, 0.3) is 6.08 Å². The Morgan fingerprint density at radius 1 is 1.33 bits per heavy atom. The largest absolute Gasteiger partial charge is 0.370 e. The van der Waals surface area contributed by atoms with Crippen LogP contribution in [-0.4, -0.2) is 17.9 Å². The summed E-state index contributed by atoms with van der Waals surface area (Å²) in [5.74, 6) is -1.50. The summed E-state index contributed by atoms with van der Waals surface area (Å²) in [4.78, 5) is 32.8. The molecule has 1 atom stereocenters. The van der Waals surface area contributed by atoms with E-state index >= 15 is 0 Å². The molecule has 1 aliphatic rings. The van der Waals surface area contributed by atoms with Crippen LogP contribution < -0.4 is 5.32 Å². The fourth-order valence-electron chi connectivity index (χ4n) is 1.73. The first kappa shape index (κ1) is 11.8. The van der Waals surface area contributed by atoms with Crippen LogP contribution in [0.15, 0.2) is 34.6 Å².